The van der Waals surface area contributed by atoms with Gasteiger partial charge in [-0.2, -0.15) is 10.4 Å². The first-order valence-electron chi connectivity index (χ1n) is 10.0. The van der Waals surface area contributed by atoms with Gasteiger partial charge in [0.2, 0.25) is 0 Å². The van der Waals surface area contributed by atoms with Crippen molar-refractivity contribution in [2.45, 2.75) is 6.54 Å². The maximum atomic E-state index is 12.5. The van der Waals surface area contributed by atoms with Crippen LogP contribution in [0.2, 0.25) is 0 Å². The first kappa shape index (κ1) is 20.9. The Morgan fingerprint density at radius 1 is 0.969 bits per heavy atom. The third-order valence-electron chi connectivity index (χ3n) is 5.37. The number of hydrogen-bond acceptors (Lipinski definition) is 5. The molecule has 0 saturated heterocycles. The van der Waals surface area contributed by atoms with Gasteiger partial charge in [0.1, 0.15) is 11.9 Å². The van der Waals surface area contributed by atoms with Crippen molar-refractivity contribution in [3.8, 4) is 23.0 Å². The van der Waals surface area contributed by atoms with Gasteiger partial charge in [0.25, 0.3) is 5.56 Å². The molecule has 0 atom stereocenters. The topological polar surface area (TPSA) is 88.8 Å². The van der Waals surface area contributed by atoms with Crippen LogP contribution in [-0.4, -0.2) is 26.0 Å². The average molecular weight is 426 g/mol. The number of rotatable bonds is 5. The molecule has 2 heterocycles. The van der Waals surface area contributed by atoms with Gasteiger partial charge in [-0.05, 0) is 12.1 Å². The number of nitrogens with zero attached hydrogens (tertiary/aromatic N) is 6. The normalized spacial score (nSPS) is 10.7. The number of hydrogen-bond donors (Lipinski definition) is 0. The molecule has 4 aromatic rings. The lowest BCUT2D eigenvalue weighted by Crippen LogP contribution is -2.41. The Balaban J connectivity index is 1.83. The predicted octanol–water partition coefficient (Wildman–Crippen LogP) is 2.44. The lowest BCUT2D eigenvalue weighted by atomic mass is 10.1. The molecular weight excluding hydrogens is 404 g/mol. The summed E-state index contributed by atoms with van der Waals surface area (Å²) >= 11 is 0. The van der Waals surface area contributed by atoms with E-state index in [9.17, 15) is 14.9 Å². The van der Waals surface area contributed by atoms with Crippen molar-refractivity contribution in [3.63, 3.8) is 0 Å². The lowest BCUT2D eigenvalue weighted by molar-refractivity contribution is 0.667. The van der Waals surface area contributed by atoms with Crippen LogP contribution in [0.5, 0.6) is 0 Å². The molecule has 32 heavy (non-hydrogen) atoms. The summed E-state index contributed by atoms with van der Waals surface area (Å²) in [5.41, 5.74) is 2.36. The van der Waals surface area contributed by atoms with E-state index in [1.807, 2.05) is 72.9 Å². The highest BCUT2D eigenvalue weighted by molar-refractivity contribution is 5.64. The summed E-state index contributed by atoms with van der Waals surface area (Å²) in [5, 5.41) is 14.4. The molecule has 0 fully saturated rings. The third kappa shape index (κ3) is 3.61. The minimum atomic E-state index is -0.610. The fourth-order valence-corrected chi connectivity index (χ4v) is 3.79. The monoisotopic (exact) mass is 426 g/mol. The zero-order valence-corrected chi connectivity index (χ0v) is 18.1. The third-order valence-corrected chi connectivity index (χ3v) is 5.37. The van der Waals surface area contributed by atoms with Gasteiger partial charge in [-0.25, -0.2) is 9.48 Å². The Morgan fingerprint density at radius 3 is 2.22 bits per heavy atom. The Labute approximate surface area is 184 Å². The van der Waals surface area contributed by atoms with Crippen LogP contribution in [0.4, 0.5) is 5.82 Å². The summed E-state index contributed by atoms with van der Waals surface area (Å²) in [4.78, 5) is 26.7. The zero-order chi connectivity index (χ0) is 22.8. The van der Waals surface area contributed by atoms with E-state index in [1.165, 1.54) is 11.6 Å². The van der Waals surface area contributed by atoms with Crippen LogP contribution >= 0.6 is 0 Å². The molecule has 0 aliphatic rings. The fourth-order valence-electron chi connectivity index (χ4n) is 3.79. The molecule has 0 amide bonds. The first-order chi connectivity index (χ1) is 15.4. The molecule has 2 aromatic heterocycles. The van der Waals surface area contributed by atoms with E-state index in [1.54, 1.807) is 23.7 Å². The second-order valence-electron chi connectivity index (χ2n) is 7.52. The van der Waals surface area contributed by atoms with Crippen molar-refractivity contribution in [3.05, 3.63) is 98.8 Å². The standard InChI is InChI=1S/C24H22N6O2/c1-27(22-20(14-25)23(31)29(3)24(32)28(22)2)15-18-16-30(19-12-8-5-9-13-19)26-21(18)17-10-6-4-7-11-17/h4-13,16H,15H2,1-3H3. The molecule has 160 valence electrons. The van der Waals surface area contributed by atoms with Gasteiger partial charge in [-0.15, -0.1) is 0 Å². The number of aromatic nitrogens is 4. The van der Waals surface area contributed by atoms with Crippen LogP contribution in [0.25, 0.3) is 16.9 Å². The summed E-state index contributed by atoms with van der Waals surface area (Å²) in [6.45, 7) is 0.339. The molecule has 8 nitrogen and oxygen atoms in total. The van der Waals surface area contributed by atoms with E-state index >= 15 is 0 Å². The average Bonchev–Trinajstić information content (AvgIpc) is 3.24. The van der Waals surface area contributed by atoms with Crippen molar-refractivity contribution in [2.24, 2.45) is 14.1 Å². The van der Waals surface area contributed by atoms with E-state index in [0.717, 1.165) is 27.1 Å². The van der Waals surface area contributed by atoms with Crippen LogP contribution < -0.4 is 16.1 Å². The van der Waals surface area contributed by atoms with Crippen molar-refractivity contribution in [2.75, 3.05) is 11.9 Å². The highest BCUT2D eigenvalue weighted by atomic mass is 16.2. The van der Waals surface area contributed by atoms with E-state index in [0.29, 0.717) is 6.54 Å². The fraction of sp³-hybridized carbons (Fsp3) is 0.167. The number of para-hydroxylation sites is 1. The summed E-state index contributed by atoms with van der Waals surface area (Å²) in [7, 11) is 4.68. The van der Waals surface area contributed by atoms with E-state index in [4.69, 9.17) is 5.10 Å². The molecule has 0 radical (unpaired) electrons. The van der Waals surface area contributed by atoms with Crippen molar-refractivity contribution in [1.29, 1.82) is 5.26 Å². The van der Waals surface area contributed by atoms with E-state index < -0.39 is 11.2 Å². The summed E-state index contributed by atoms with van der Waals surface area (Å²) < 4.78 is 4.07. The molecule has 2 aromatic carbocycles. The number of anilines is 1. The van der Waals surface area contributed by atoms with Gasteiger partial charge in [0.05, 0.1) is 11.4 Å². The molecule has 0 bridgehead atoms. The lowest BCUT2D eigenvalue weighted by Gasteiger charge is -2.23. The second-order valence-corrected chi connectivity index (χ2v) is 7.52. The van der Waals surface area contributed by atoms with Crippen LogP contribution in [0.3, 0.4) is 0 Å². The highest BCUT2D eigenvalue weighted by Crippen LogP contribution is 2.26. The molecule has 0 aliphatic heterocycles. The largest absolute Gasteiger partial charge is 0.355 e. The molecule has 0 aliphatic carbocycles. The second kappa shape index (κ2) is 8.40. The molecule has 4 rings (SSSR count). The molecule has 0 unspecified atom stereocenters. The van der Waals surface area contributed by atoms with Gasteiger partial charge < -0.3 is 4.90 Å². The van der Waals surface area contributed by atoms with Gasteiger partial charge in [0, 0.05) is 45.0 Å². The van der Waals surface area contributed by atoms with Crippen LogP contribution in [0, 0.1) is 11.3 Å². The van der Waals surface area contributed by atoms with Gasteiger partial charge in [-0.1, -0.05) is 48.5 Å². The van der Waals surface area contributed by atoms with Gasteiger partial charge in [-0.3, -0.25) is 13.9 Å². The Bertz CT molecular complexity index is 1430. The van der Waals surface area contributed by atoms with Gasteiger partial charge >= 0.3 is 5.69 Å². The van der Waals surface area contributed by atoms with Crippen molar-refractivity contribution in [1.82, 2.24) is 18.9 Å². The molecule has 0 N–H and O–H groups in total. The van der Waals surface area contributed by atoms with E-state index in [-0.39, 0.29) is 11.4 Å². The Morgan fingerprint density at radius 2 is 1.59 bits per heavy atom. The Kier molecular flexibility index (Phi) is 5.48. The van der Waals surface area contributed by atoms with Crippen molar-refractivity contribution < 1.29 is 0 Å². The zero-order valence-electron chi connectivity index (χ0n) is 18.1. The minimum Gasteiger partial charge on any atom is -0.355 e. The minimum absolute atomic E-state index is 0.0752. The number of nitriles is 1. The maximum Gasteiger partial charge on any atom is 0.332 e. The van der Waals surface area contributed by atoms with E-state index in [2.05, 4.69) is 0 Å². The SMILES string of the molecule is CN(Cc1cn(-c2ccccc2)nc1-c1ccccc1)c1c(C#N)c(=O)n(C)c(=O)n1C. The molecule has 0 spiro atoms. The van der Waals surface area contributed by atoms with Crippen LogP contribution in [0.1, 0.15) is 11.1 Å². The Hall–Kier alpha value is -4.38. The van der Waals surface area contributed by atoms with Crippen LogP contribution in [0.15, 0.2) is 76.4 Å². The smallest absolute Gasteiger partial charge is 0.332 e. The highest BCUT2D eigenvalue weighted by Gasteiger charge is 2.21. The summed E-state index contributed by atoms with van der Waals surface area (Å²) in [5.74, 6) is 0.270. The molecular formula is C24H22N6O2. The van der Waals surface area contributed by atoms with Crippen molar-refractivity contribution >= 4 is 5.82 Å². The maximum absolute atomic E-state index is 12.5. The molecule has 0 saturated carbocycles. The summed E-state index contributed by atoms with van der Waals surface area (Å²) in [6.07, 6.45) is 1.93. The summed E-state index contributed by atoms with van der Waals surface area (Å²) in [6, 6.07) is 21.5. The predicted molar refractivity (Wildman–Crippen MR) is 123 cm³/mol. The quantitative estimate of drug-likeness (QED) is 0.489. The van der Waals surface area contributed by atoms with Crippen LogP contribution in [-0.2, 0) is 20.6 Å². The number of benzene rings is 2. The van der Waals surface area contributed by atoms with Gasteiger partial charge in [0.15, 0.2) is 5.56 Å². The first-order valence-corrected chi connectivity index (χ1v) is 10.0. The molecule has 8 heteroatoms.